The number of hydrogen-bond donors (Lipinski definition) is 1. The molecule has 2 atom stereocenters. The maximum atomic E-state index is 14.4. The van der Waals surface area contributed by atoms with Gasteiger partial charge in [0.05, 0.1) is 15.5 Å². The molecular weight excluding hydrogens is 628 g/mol. The SMILES string of the molecule is CC[C@H](C)NC(=O)[C@H](Cc1ccccc1)N(Cc1ccc(Cl)cc1)C(=O)CN(c1ccc([N+](=O)[O-])cc1)S(=O)(=O)c1ccccc1. The first-order valence-corrected chi connectivity index (χ1v) is 16.5. The number of nitro benzene ring substituents is 1. The van der Waals surface area contributed by atoms with E-state index in [4.69, 9.17) is 11.6 Å². The number of nitrogens with one attached hydrogen (secondary N) is 1. The van der Waals surface area contributed by atoms with E-state index in [1.54, 1.807) is 42.5 Å². The van der Waals surface area contributed by atoms with Gasteiger partial charge in [0.2, 0.25) is 11.8 Å². The lowest BCUT2D eigenvalue weighted by Crippen LogP contribution is -2.54. The van der Waals surface area contributed by atoms with E-state index < -0.39 is 33.4 Å². The average Bonchev–Trinajstić information content (AvgIpc) is 3.06. The van der Waals surface area contributed by atoms with Gasteiger partial charge in [-0.05, 0) is 60.9 Å². The fraction of sp³-hybridized carbons (Fsp3) is 0.235. The molecule has 46 heavy (non-hydrogen) atoms. The van der Waals surface area contributed by atoms with Crippen molar-refractivity contribution < 1.29 is 22.9 Å². The molecule has 4 aromatic carbocycles. The van der Waals surface area contributed by atoms with Crippen LogP contribution in [0.25, 0.3) is 0 Å². The molecule has 0 heterocycles. The van der Waals surface area contributed by atoms with E-state index >= 15 is 0 Å². The zero-order valence-electron chi connectivity index (χ0n) is 25.5. The molecule has 0 fully saturated rings. The van der Waals surface area contributed by atoms with Gasteiger partial charge in [-0.15, -0.1) is 0 Å². The monoisotopic (exact) mass is 662 g/mol. The van der Waals surface area contributed by atoms with Gasteiger partial charge in [0.25, 0.3) is 15.7 Å². The third kappa shape index (κ3) is 8.70. The molecule has 0 aromatic heterocycles. The molecule has 0 bridgehead atoms. The third-order valence-electron chi connectivity index (χ3n) is 7.50. The summed E-state index contributed by atoms with van der Waals surface area (Å²) in [4.78, 5) is 40.3. The van der Waals surface area contributed by atoms with E-state index in [0.717, 1.165) is 9.87 Å². The van der Waals surface area contributed by atoms with Gasteiger partial charge < -0.3 is 10.2 Å². The Balaban J connectivity index is 1.81. The van der Waals surface area contributed by atoms with Crippen LogP contribution < -0.4 is 9.62 Å². The van der Waals surface area contributed by atoms with Gasteiger partial charge in [0.1, 0.15) is 12.6 Å². The molecule has 4 rings (SSSR count). The zero-order valence-corrected chi connectivity index (χ0v) is 27.0. The number of nitrogens with zero attached hydrogens (tertiary/aromatic N) is 3. The van der Waals surface area contributed by atoms with Crippen LogP contribution in [0.3, 0.4) is 0 Å². The molecule has 0 aliphatic heterocycles. The molecule has 0 unspecified atom stereocenters. The molecule has 0 saturated heterocycles. The van der Waals surface area contributed by atoms with Gasteiger partial charge in [-0.2, -0.15) is 0 Å². The highest BCUT2D eigenvalue weighted by Gasteiger charge is 2.35. The Morgan fingerprint density at radius 3 is 2.02 bits per heavy atom. The zero-order chi connectivity index (χ0) is 33.3. The Labute approximate surface area is 273 Å². The molecule has 1 N–H and O–H groups in total. The normalized spacial score (nSPS) is 12.5. The van der Waals surface area contributed by atoms with E-state index in [1.807, 2.05) is 44.2 Å². The molecule has 0 radical (unpaired) electrons. The summed E-state index contributed by atoms with van der Waals surface area (Å²) in [6, 6.07) is 27.4. The summed E-state index contributed by atoms with van der Waals surface area (Å²) in [6.07, 6.45) is 0.837. The summed E-state index contributed by atoms with van der Waals surface area (Å²) < 4.78 is 28.9. The number of hydrogen-bond acceptors (Lipinski definition) is 6. The number of amides is 2. The molecule has 0 aliphatic carbocycles. The number of sulfonamides is 1. The first-order chi connectivity index (χ1) is 22.0. The van der Waals surface area contributed by atoms with Crippen molar-refractivity contribution in [2.24, 2.45) is 0 Å². The van der Waals surface area contributed by atoms with Crippen LogP contribution in [-0.2, 0) is 32.6 Å². The molecule has 10 nitrogen and oxygen atoms in total. The number of carbonyl (C=O) groups excluding carboxylic acids is 2. The van der Waals surface area contributed by atoms with Gasteiger partial charge in [0.15, 0.2) is 0 Å². The van der Waals surface area contributed by atoms with Crippen LogP contribution in [0.5, 0.6) is 0 Å². The van der Waals surface area contributed by atoms with Crippen LogP contribution >= 0.6 is 11.6 Å². The second-order valence-electron chi connectivity index (χ2n) is 10.8. The van der Waals surface area contributed by atoms with Crippen molar-refractivity contribution >= 4 is 44.8 Å². The quantitative estimate of drug-likeness (QED) is 0.130. The average molecular weight is 663 g/mol. The van der Waals surface area contributed by atoms with Crippen LogP contribution in [-0.4, -0.2) is 48.7 Å². The molecule has 0 spiro atoms. The Morgan fingerprint density at radius 2 is 1.46 bits per heavy atom. The van der Waals surface area contributed by atoms with Crippen molar-refractivity contribution in [3.63, 3.8) is 0 Å². The summed E-state index contributed by atoms with van der Waals surface area (Å²) >= 11 is 6.12. The first kappa shape index (κ1) is 34.1. The third-order valence-corrected chi connectivity index (χ3v) is 9.54. The van der Waals surface area contributed by atoms with Crippen molar-refractivity contribution in [2.75, 3.05) is 10.8 Å². The van der Waals surface area contributed by atoms with E-state index in [0.29, 0.717) is 17.0 Å². The highest BCUT2D eigenvalue weighted by molar-refractivity contribution is 7.92. The van der Waals surface area contributed by atoms with Gasteiger partial charge in [-0.25, -0.2) is 8.42 Å². The smallest absolute Gasteiger partial charge is 0.269 e. The lowest BCUT2D eigenvalue weighted by Gasteiger charge is -2.34. The molecule has 2 amide bonds. The second kappa shape index (κ2) is 15.5. The van der Waals surface area contributed by atoms with Crippen LogP contribution in [0.4, 0.5) is 11.4 Å². The van der Waals surface area contributed by atoms with Gasteiger partial charge in [0, 0.05) is 36.2 Å². The Kier molecular flexibility index (Phi) is 11.5. The maximum absolute atomic E-state index is 14.4. The number of halogens is 1. The van der Waals surface area contributed by atoms with Crippen molar-refractivity contribution in [3.8, 4) is 0 Å². The van der Waals surface area contributed by atoms with Crippen molar-refractivity contribution in [3.05, 3.63) is 135 Å². The minimum Gasteiger partial charge on any atom is -0.352 e. The summed E-state index contributed by atoms with van der Waals surface area (Å²) in [5, 5.41) is 14.8. The number of rotatable bonds is 14. The summed E-state index contributed by atoms with van der Waals surface area (Å²) in [7, 11) is -4.32. The standard InChI is InChI=1S/C34H35ClN4O6S/c1-3-25(2)36-34(41)32(22-26-10-6-4-7-11-26)37(23-27-14-16-28(35)17-15-27)33(40)24-38(29-18-20-30(21-19-29)39(42)43)46(44,45)31-12-8-5-9-13-31/h4-21,25,32H,3,22-24H2,1-2H3,(H,36,41)/t25-,32-/m0/s1. The fourth-order valence-corrected chi connectivity index (χ4v) is 6.33. The molecule has 12 heteroatoms. The van der Waals surface area contributed by atoms with E-state index in [-0.39, 0.29) is 41.2 Å². The van der Waals surface area contributed by atoms with E-state index in [2.05, 4.69) is 5.32 Å². The van der Waals surface area contributed by atoms with Crippen molar-refractivity contribution in [1.82, 2.24) is 10.2 Å². The Hall–Kier alpha value is -4.74. The number of non-ortho nitro benzene ring substituents is 1. The largest absolute Gasteiger partial charge is 0.352 e. The van der Waals surface area contributed by atoms with Crippen LogP contribution in [0.1, 0.15) is 31.4 Å². The highest BCUT2D eigenvalue weighted by atomic mass is 35.5. The molecular formula is C34H35ClN4O6S. The minimum absolute atomic E-state index is 0.0130. The molecule has 4 aromatic rings. The molecule has 0 aliphatic rings. The Morgan fingerprint density at radius 1 is 0.870 bits per heavy atom. The van der Waals surface area contributed by atoms with E-state index in [1.165, 1.54) is 41.3 Å². The lowest BCUT2D eigenvalue weighted by atomic mass is 10.0. The number of nitro groups is 1. The van der Waals surface area contributed by atoms with Crippen LogP contribution in [0, 0.1) is 10.1 Å². The van der Waals surface area contributed by atoms with Gasteiger partial charge in [-0.1, -0.05) is 79.2 Å². The lowest BCUT2D eigenvalue weighted by molar-refractivity contribution is -0.384. The fourth-order valence-electron chi connectivity index (χ4n) is 4.77. The summed E-state index contributed by atoms with van der Waals surface area (Å²) in [5.74, 6) is -1.03. The maximum Gasteiger partial charge on any atom is 0.269 e. The highest BCUT2D eigenvalue weighted by Crippen LogP contribution is 2.27. The predicted octanol–water partition coefficient (Wildman–Crippen LogP) is 6.00. The van der Waals surface area contributed by atoms with Crippen molar-refractivity contribution in [1.29, 1.82) is 0 Å². The number of benzene rings is 4. The summed E-state index contributed by atoms with van der Waals surface area (Å²) in [6.45, 7) is 3.11. The van der Waals surface area contributed by atoms with E-state index in [9.17, 15) is 28.1 Å². The minimum atomic E-state index is -4.32. The van der Waals surface area contributed by atoms with Crippen LogP contribution in [0.2, 0.25) is 5.02 Å². The molecule has 0 saturated carbocycles. The number of carbonyl (C=O) groups is 2. The molecule has 240 valence electrons. The predicted molar refractivity (Wildman–Crippen MR) is 178 cm³/mol. The van der Waals surface area contributed by atoms with Gasteiger partial charge in [-0.3, -0.25) is 24.0 Å². The first-order valence-electron chi connectivity index (χ1n) is 14.7. The van der Waals surface area contributed by atoms with Crippen LogP contribution in [0.15, 0.2) is 114 Å². The topological polar surface area (TPSA) is 130 Å². The Bertz CT molecular complexity index is 1740. The second-order valence-corrected chi connectivity index (χ2v) is 13.1. The van der Waals surface area contributed by atoms with Gasteiger partial charge >= 0.3 is 0 Å². The van der Waals surface area contributed by atoms with Crippen molar-refractivity contribution in [2.45, 2.75) is 50.2 Å². The summed E-state index contributed by atoms with van der Waals surface area (Å²) in [5.41, 5.74) is 1.31. The number of anilines is 1.